The number of benzene rings is 1. The van der Waals surface area contributed by atoms with Crippen LogP contribution in [0, 0.1) is 0 Å². The van der Waals surface area contributed by atoms with Crippen LogP contribution in [0.3, 0.4) is 0 Å². The Morgan fingerprint density at radius 1 is 1.10 bits per heavy atom. The van der Waals surface area contributed by atoms with E-state index in [1.807, 2.05) is 43.4 Å². The van der Waals surface area contributed by atoms with Gasteiger partial charge in [-0.15, -0.1) is 0 Å². The minimum atomic E-state index is 0.639. The summed E-state index contributed by atoms with van der Waals surface area (Å²) in [6.07, 6.45) is 3.45. The summed E-state index contributed by atoms with van der Waals surface area (Å²) in [5, 5.41) is 7.93. The fraction of sp³-hybridized carbons (Fsp3) is 0.133. The van der Waals surface area contributed by atoms with Gasteiger partial charge in [0, 0.05) is 35.7 Å². The Morgan fingerprint density at radius 3 is 2.52 bits per heavy atom. The zero-order valence-electron chi connectivity index (χ0n) is 11.5. The fourth-order valence-electron chi connectivity index (χ4n) is 2.01. The Morgan fingerprint density at radius 2 is 1.81 bits per heavy atom. The van der Waals surface area contributed by atoms with E-state index in [0.717, 1.165) is 22.1 Å². The molecule has 0 atom stereocenters. The zero-order chi connectivity index (χ0) is 14.7. The van der Waals surface area contributed by atoms with Crippen LogP contribution in [0.1, 0.15) is 5.82 Å². The molecule has 1 aromatic carbocycles. The van der Waals surface area contributed by atoms with Crippen molar-refractivity contribution in [3.05, 3.63) is 59.6 Å². The van der Waals surface area contributed by atoms with E-state index in [-0.39, 0.29) is 0 Å². The molecule has 0 saturated carbocycles. The number of nitrogens with one attached hydrogen (secondary N) is 1. The lowest BCUT2D eigenvalue weighted by Crippen LogP contribution is -2.17. The maximum Gasteiger partial charge on any atom is 0.181 e. The Labute approximate surface area is 127 Å². The van der Waals surface area contributed by atoms with E-state index < -0.39 is 0 Å². The van der Waals surface area contributed by atoms with Gasteiger partial charge in [0.05, 0.1) is 6.54 Å². The van der Waals surface area contributed by atoms with Crippen LogP contribution < -0.4 is 4.90 Å². The molecule has 0 fully saturated rings. The van der Waals surface area contributed by atoms with Gasteiger partial charge in [-0.25, -0.2) is 4.98 Å². The molecule has 3 aromatic rings. The number of rotatable bonds is 4. The molecular formula is C15H14ClN5. The number of halogens is 1. The van der Waals surface area contributed by atoms with Crippen molar-refractivity contribution in [1.29, 1.82) is 0 Å². The van der Waals surface area contributed by atoms with E-state index in [0.29, 0.717) is 12.4 Å². The smallest absolute Gasteiger partial charge is 0.181 e. The summed E-state index contributed by atoms with van der Waals surface area (Å²) < 4.78 is 0. The molecule has 106 valence electrons. The van der Waals surface area contributed by atoms with Gasteiger partial charge in [-0.1, -0.05) is 11.6 Å². The van der Waals surface area contributed by atoms with Crippen LogP contribution in [0.15, 0.2) is 48.8 Å². The van der Waals surface area contributed by atoms with Crippen molar-refractivity contribution >= 4 is 17.3 Å². The van der Waals surface area contributed by atoms with Crippen LogP contribution in [-0.2, 0) is 6.54 Å². The lowest BCUT2D eigenvalue weighted by atomic mass is 10.2. The molecule has 0 aliphatic heterocycles. The van der Waals surface area contributed by atoms with Crippen molar-refractivity contribution in [3.8, 4) is 11.4 Å². The van der Waals surface area contributed by atoms with E-state index >= 15 is 0 Å². The predicted molar refractivity (Wildman–Crippen MR) is 83.2 cm³/mol. The molecule has 0 amide bonds. The number of nitrogens with zero attached hydrogens (tertiary/aromatic N) is 4. The summed E-state index contributed by atoms with van der Waals surface area (Å²) in [5.74, 6) is 1.48. The predicted octanol–water partition coefficient (Wildman–Crippen LogP) is 3.16. The van der Waals surface area contributed by atoms with Gasteiger partial charge < -0.3 is 4.90 Å². The van der Waals surface area contributed by atoms with E-state index in [1.165, 1.54) is 0 Å². The summed E-state index contributed by atoms with van der Waals surface area (Å²) in [7, 11) is 2.00. The normalized spacial score (nSPS) is 10.6. The Hall–Kier alpha value is -2.40. The van der Waals surface area contributed by atoms with Crippen molar-refractivity contribution in [2.24, 2.45) is 0 Å². The highest BCUT2D eigenvalue weighted by atomic mass is 35.5. The molecule has 2 heterocycles. The molecule has 0 radical (unpaired) electrons. The molecule has 0 bridgehead atoms. The van der Waals surface area contributed by atoms with Crippen LogP contribution in [0.25, 0.3) is 11.4 Å². The third-order valence-electron chi connectivity index (χ3n) is 3.12. The summed E-state index contributed by atoms with van der Waals surface area (Å²) in [6.45, 7) is 0.639. The minimum Gasteiger partial charge on any atom is -0.367 e. The maximum absolute atomic E-state index is 5.90. The van der Waals surface area contributed by atoms with Gasteiger partial charge in [-0.05, 0) is 36.4 Å². The first kappa shape index (κ1) is 13.6. The van der Waals surface area contributed by atoms with Gasteiger partial charge in [-0.3, -0.25) is 10.1 Å². The molecule has 0 saturated heterocycles. The Balaban J connectivity index is 1.74. The standard InChI is InChI=1S/C15H14ClN5/c1-21(13-4-2-12(16)3-5-13)10-14-18-15(20-19-14)11-6-8-17-9-7-11/h2-9H,10H2,1H3,(H,18,19,20). The van der Waals surface area contributed by atoms with Gasteiger partial charge in [-0.2, -0.15) is 5.10 Å². The maximum atomic E-state index is 5.90. The van der Waals surface area contributed by atoms with E-state index in [2.05, 4.69) is 25.1 Å². The Bertz CT molecular complexity index is 708. The number of hydrogen-bond donors (Lipinski definition) is 1. The monoisotopic (exact) mass is 299 g/mol. The van der Waals surface area contributed by atoms with Gasteiger partial charge in [0.15, 0.2) is 5.82 Å². The molecule has 21 heavy (non-hydrogen) atoms. The van der Waals surface area contributed by atoms with Crippen molar-refractivity contribution in [2.45, 2.75) is 6.54 Å². The molecule has 6 heteroatoms. The highest BCUT2D eigenvalue weighted by Crippen LogP contribution is 2.19. The first-order chi connectivity index (χ1) is 10.2. The van der Waals surface area contributed by atoms with Gasteiger partial charge >= 0.3 is 0 Å². The average molecular weight is 300 g/mol. The highest BCUT2D eigenvalue weighted by molar-refractivity contribution is 6.30. The highest BCUT2D eigenvalue weighted by Gasteiger charge is 2.08. The number of H-pyrrole nitrogens is 1. The zero-order valence-corrected chi connectivity index (χ0v) is 12.2. The molecule has 3 rings (SSSR count). The summed E-state index contributed by atoms with van der Waals surface area (Å²) in [4.78, 5) is 10.6. The third kappa shape index (κ3) is 3.20. The van der Waals surface area contributed by atoms with Crippen LogP contribution in [0.2, 0.25) is 5.02 Å². The lowest BCUT2D eigenvalue weighted by Gasteiger charge is -2.17. The van der Waals surface area contributed by atoms with Gasteiger partial charge in [0.25, 0.3) is 0 Å². The fourth-order valence-corrected chi connectivity index (χ4v) is 2.13. The van der Waals surface area contributed by atoms with Crippen LogP contribution in [-0.4, -0.2) is 27.2 Å². The van der Waals surface area contributed by atoms with Crippen molar-refractivity contribution in [1.82, 2.24) is 20.2 Å². The first-order valence-electron chi connectivity index (χ1n) is 6.51. The van der Waals surface area contributed by atoms with Gasteiger partial charge in [0.2, 0.25) is 0 Å². The summed E-state index contributed by atoms with van der Waals surface area (Å²) >= 11 is 5.90. The van der Waals surface area contributed by atoms with Crippen molar-refractivity contribution < 1.29 is 0 Å². The molecule has 2 aromatic heterocycles. The second-order valence-electron chi connectivity index (χ2n) is 4.67. The molecule has 0 aliphatic carbocycles. The largest absolute Gasteiger partial charge is 0.367 e. The summed E-state index contributed by atoms with van der Waals surface area (Å²) in [6, 6.07) is 11.5. The third-order valence-corrected chi connectivity index (χ3v) is 3.38. The van der Waals surface area contributed by atoms with Crippen LogP contribution >= 0.6 is 11.6 Å². The molecular weight excluding hydrogens is 286 g/mol. The second kappa shape index (κ2) is 5.93. The lowest BCUT2D eigenvalue weighted by molar-refractivity contribution is 0.844. The molecule has 0 aliphatic rings. The number of hydrogen-bond acceptors (Lipinski definition) is 4. The number of anilines is 1. The first-order valence-corrected chi connectivity index (χ1v) is 6.88. The Kier molecular flexibility index (Phi) is 3.83. The van der Waals surface area contributed by atoms with Crippen molar-refractivity contribution in [3.63, 3.8) is 0 Å². The topological polar surface area (TPSA) is 57.7 Å². The second-order valence-corrected chi connectivity index (χ2v) is 5.11. The van der Waals surface area contributed by atoms with E-state index in [4.69, 9.17) is 11.6 Å². The summed E-state index contributed by atoms with van der Waals surface area (Å²) in [5.41, 5.74) is 2.02. The van der Waals surface area contributed by atoms with Crippen molar-refractivity contribution in [2.75, 3.05) is 11.9 Å². The SMILES string of the molecule is CN(Cc1nc(-c2ccncc2)n[nH]1)c1ccc(Cl)cc1. The average Bonchev–Trinajstić information content (AvgIpc) is 2.97. The van der Waals surface area contributed by atoms with Crippen LogP contribution in [0.5, 0.6) is 0 Å². The number of aromatic amines is 1. The van der Waals surface area contributed by atoms with Gasteiger partial charge in [0.1, 0.15) is 5.82 Å². The molecule has 1 N–H and O–H groups in total. The molecule has 0 spiro atoms. The van der Waals surface area contributed by atoms with E-state index in [9.17, 15) is 0 Å². The van der Waals surface area contributed by atoms with E-state index in [1.54, 1.807) is 12.4 Å². The molecule has 5 nitrogen and oxygen atoms in total. The molecule has 0 unspecified atom stereocenters. The quantitative estimate of drug-likeness (QED) is 0.804. The number of pyridine rings is 1. The minimum absolute atomic E-state index is 0.639. The van der Waals surface area contributed by atoms with Crippen LogP contribution in [0.4, 0.5) is 5.69 Å². The number of aromatic nitrogens is 4.